The lowest BCUT2D eigenvalue weighted by Gasteiger charge is -2.12. The van der Waals surface area contributed by atoms with E-state index in [1.165, 1.54) is 6.07 Å². The van der Waals surface area contributed by atoms with Crippen LogP contribution in [-0.4, -0.2) is 16.3 Å². The Hall–Kier alpha value is -3.48. The summed E-state index contributed by atoms with van der Waals surface area (Å²) in [5.74, 6) is 1.20. The summed E-state index contributed by atoms with van der Waals surface area (Å²) in [5, 5.41) is 0. The van der Waals surface area contributed by atoms with Crippen molar-refractivity contribution in [3.63, 3.8) is 0 Å². The second kappa shape index (κ2) is 7.40. The maximum atomic E-state index is 12.6. The Bertz CT molecular complexity index is 1190. The molecule has 0 amide bonds. The van der Waals surface area contributed by atoms with Crippen molar-refractivity contribution in [1.82, 2.24) is 9.97 Å². The molecular formula is C23H19F3N2O2. The molecule has 4 rings (SSSR count). The molecule has 0 atom stereocenters. The van der Waals surface area contributed by atoms with Crippen LogP contribution in [0.3, 0.4) is 0 Å². The molecule has 0 aliphatic carbocycles. The van der Waals surface area contributed by atoms with E-state index in [1.54, 1.807) is 31.2 Å². The minimum atomic E-state index is -4.75. The number of ether oxygens (including phenoxy) is 1. The number of rotatable bonds is 4. The van der Waals surface area contributed by atoms with Gasteiger partial charge in [-0.25, -0.2) is 4.98 Å². The van der Waals surface area contributed by atoms with Crippen molar-refractivity contribution in [2.45, 2.75) is 27.1 Å². The van der Waals surface area contributed by atoms with Crippen LogP contribution in [0, 0.1) is 20.8 Å². The van der Waals surface area contributed by atoms with Gasteiger partial charge >= 0.3 is 6.36 Å². The zero-order valence-corrected chi connectivity index (χ0v) is 16.6. The van der Waals surface area contributed by atoms with Crippen molar-refractivity contribution >= 4 is 0 Å². The molecule has 0 unspecified atom stereocenters. The Morgan fingerprint density at radius 3 is 2.23 bits per heavy atom. The SMILES string of the molecule is Cc1ccc(-c2nc(-c3ccc(-c4ccc(C)c(OC(F)(F)F)c4)o3)[nH]c2C)cc1. The van der Waals surface area contributed by atoms with Crippen molar-refractivity contribution in [3.8, 4) is 39.9 Å². The predicted molar refractivity (Wildman–Crippen MR) is 108 cm³/mol. The topological polar surface area (TPSA) is 51.1 Å². The highest BCUT2D eigenvalue weighted by molar-refractivity contribution is 5.68. The van der Waals surface area contributed by atoms with Crippen LogP contribution in [0.25, 0.3) is 34.2 Å². The maximum absolute atomic E-state index is 12.6. The quantitative estimate of drug-likeness (QED) is 0.400. The first-order valence-electron chi connectivity index (χ1n) is 9.30. The number of hydrogen-bond acceptors (Lipinski definition) is 3. The molecule has 7 heteroatoms. The molecule has 4 aromatic rings. The molecule has 0 saturated heterocycles. The lowest BCUT2D eigenvalue weighted by molar-refractivity contribution is -0.274. The van der Waals surface area contributed by atoms with Gasteiger partial charge in [0.05, 0.1) is 5.69 Å². The van der Waals surface area contributed by atoms with E-state index < -0.39 is 6.36 Å². The van der Waals surface area contributed by atoms with E-state index in [0.717, 1.165) is 22.5 Å². The van der Waals surface area contributed by atoms with Crippen molar-refractivity contribution in [2.75, 3.05) is 0 Å². The average molecular weight is 412 g/mol. The highest BCUT2D eigenvalue weighted by atomic mass is 19.4. The van der Waals surface area contributed by atoms with E-state index in [-0.39, 0.29) is 5.75 Å². The van der Waals surface area contributed by atoms with Gasteiger partial charge in [0, 0.05) is 16.8 Å². The van der Waals surface area contributed by atoms with Crippen molar-refractivity contribution in [3.05, 3.63) is 71.4 Å². The van der Waals surface area contributed by atoms with Crippen LogP contribution in [0.15, 0.2) is 59.0 Å². The van der Waals surface area contributed by atoms with Crippen LogP contribution in [0.5, 0.6) is 5.75 Å². The number of aromatic nitrogens is 2. The second-order valence-corrected chi connectivity index (χ2v) is 7.12. The van der Waals surface area contributed by atoms with Crippen LogP contribution in [-0.2, 0) is 0 Å². The molecule has 30 heavy (non-hydrogen) atoms. The third-order valence-corrected chi connectivity index (χ3v) is 4.75. The summed E-state index contributed by atoms with van der Waals surface area (Å²) in [6, 6.07) is 16.0. The molecule has 0 bridgehead atoms. The largest absolute Gasteiger partial charge is 0.573 e. The van der Waals surface area contributed by atoms with Gasteiger partial charge in [0.1, 0.15) is 11.5 Å². The molecule has 0 aliphatic rings. The number of hydrogen-bond donors (Lipinski definition) is 1. The molecule has 0 spiro atoms. The molecule has 154 valence electrons. The molecule has 0 aliphatic heterocycles. The number of aryl methyl sites for hydroxylation is 3. The van der Waals surface area contributed by atoms with E-state index in [1.807, 2.05) is 38.1 Å². The van der Waals surface area contributed by atoms with Crippen LogP contribution in [0.2, 0.25) is 0 Å². The number of alkyl halides is 3. The third-order valence-electron chi connectivity index (χ3n) is 4.75. The van der Waals surface area contributed by atoms with Gasteiger partial charge in [0.25, 0.3) is 0 Å². The number of aromatic amines is 1. The minimum Gasteiger partial charge on any atom is -0.453 e. The molecule has 2 aromatic heterocycles. The molecule has 2 aromatic carbocycles. The van der Waals surface area contributed by atoms with E-state index >= 15 is 0 Å². The Morgan fingerprint density at radius 1 is 0.867 bits per heavy atom. The van der Waals surface area contributed by atoms with Gasteiger partial charge in [0.15, 0.2) is 11.6 Å². The van der Waals surface area contributed by atoms with Gasteiger partial charge in [-0.1, -0.05) is 42.0 Å². The number of benzene rings is 2. The fraction of sp³-hybridized carbons (Fsp3) is 0.174. The molecule has 0 saturated carbocycles. The fourth-order valence-corrected chi connectivity index (χ4v) is 3.18. The summed E-state index contributed by atoms with van der Waals surface area (Å²) < 4.78 is 47.9. The highest BCUT2D eigenvalue weighted by Crippen LogP contribution is 2.34. The number of imidazole rings is 1. The van der Waals surface area contributed by atoms with E-state index in [4.69, 9.17) is 4.42 Å². The van der Waals surface area contributed by atoms with Gasteiger partial charge in [-0.3, -0.25) is 0 Å². The Balaban J connectivity index is 1.65. The van der Waals surface area contributed by atoms with Crippen LogP contribution < -0.4 is 4.74 Å². The number of halogens is 3. The lowest BCUT2D eigenvalue weighted by atomic mass is 10.1. The first-order valence-corrected chi connectivity index (χ1v) is 9.30. The normalized spacial score (nSPS) is 11.7. The first-order chi connectivity index (χ1) is 14.2. The molecule has 4 nitrogen and oxygen atoms in total. The lowest BCUT2D eigenvalue weighted by Crippen LogP contribution is -2.17. The summed E-state index contributed by atoms with van der Waals surface area (Å²) in [5.41, 5.74) is 4.72. The van der Waals surface area contributed by atoms with E-state index in [0.29, 0.717) is 28.5 Å². The maximum Gasteiger partial charge on any atom is 0.573 e. The summed E-state index contributed by atoms with van der Waals surface area (Å²) >= 11 is 0. The first kappa shape index (κ1) is 19.8. The summed E-state index contributed by atoms with van der Waals surface area (Å²) in [7, 11) is 0. The van der Waals surface area contributed by atoms with Gasteiger partial charge in [-0.15, -0.1) is 13.2 Å². The minimum absolute atomic E-state index is 0.256. The zero-order valence-electron chi connectivity index (χ0n) is 16.6. The number of H-pyrrole nitrogens is 1. The van der Waals surface area contributed by atoms with Gasteiger partial charge in [-0.05, 0) is 44.5 Å². The summed E-state index contributed by atoms with van der Waals surface area (Å²) in [6.07, 6.45) is -4.75. The van der Waals surface area contributed by atoms with Gasteiger partial charge < -0.3 is 14.1 Å². The molecule has 0 fully saturated rings. The average Bonchev–Trinajstić information content (AvgIpc) is 3.30. The smallest absolute Gasteiger partial charge is 0.453 e. The standard InChI is InChI=1S/C23H19F3N2O2/c1-13-4-7-16(8-5-13)21-15(3)27-22(28-21)19-11-10-18(29-19)17-9-6-14(2)20(12-17)30-23(24,25)26/h4-12H,1-3H3,(H,27,28). The highest BCUT2D eigenvalue weighted by Gasteiger charge is 2.32. The van der Waals surface area contributed by atoms with Crippen molar-refractivity contribution in [2.24, 2.45) is 0 Å². The van der Waals surface area contributed by atoms with Crippen LogP contribution >= 0.6 is 0 Å². The van der Waals surface area contributed by atoms with E-state index in [9.17, 15) is 13.2 Å². The number of furan rings is 1. The monoisotopic (exact) mass is 412 g/mol. The van der Waals surface area contributed by atoms with Gasteiger partial charge in [-0.2, -0.15) is 0 Å². The Labute approximate surface area is 171 Å². The van der Waals surface area contributed by atoms with Crippen molar-refractivity contribution < 1.29 is 22.3 Å². The van der Waals surface area contributed by atoms with Crippen LogP contribution in [0.1, 0.15) is 16.8 Å². The second-order valence-electron chi connectivity index (χ2n) is 7.12. The van der Waals surface area contributed by atoms with E-state index in [2.05, 4.69) is 14.7 Å². The number of nitrogens with zero attached hydrogens (tertiary/aromatic N) is 1. The van der Waals surface area contributed by atoms with Gasteiger partial charge in [0.2, 0.25) is 0 Å². The Kier molecular flexibility index (Phi) is 4.89. The molecule has 1 N–H and O–H groups in total. The molecule has 0 radical (unpaired) electrons. The summed E-state index contributed by atoms with van der Waals surface area (Å²) in [6.45, 7) is 5.50. The third kappa shape index (κ3) is 4.10. The molecule has 2 heterocycles. The fourth-order valence-electron chi connectivity index (χ4n) is 3.18. The Morgan fingerprint density at radius 2 is 1.53 bits per heavy atom. The van der Waals surface area contributed by atoms with Crippen LogP contribution in [0.4, 0.5) is 13.2 Å². The summed E-state index contributed by atoms with van der Waals surface area (Å²) in [4.78, 5) is 7.86. The predicted octanol–water partition coefficient (Wildman–Crippen LogP) is 6.83. The number of nitrogens with one attached hydrogen (secondary N) is 1. The molecular weight excluding hydrogens is 393 g/mol. The van der Waals surface area contributed by atoms with Crippen molar-refractivity contribution in [1.29, 1.82) is 0 Å². The zero-order chi connectivity index (χ0) is 21.5.